The van der Waals surface area contributed by atoms with Crippen LogP contribution in [0.2, 0.25) is 0 Å². The number of anilines is 3. The van der Waals surface area contributed by atoms with Gasteiger partial charge in [-0.2, -0.15) is 0 Å². The second-order valence-corrected chi connectivity index (χ2v) is 14.1. The summed E-state index contributed by atoms with van der Waals surface area (Å²) >= 11 is 0. The molecule has 0 spiro atoms. The van der Waals surface area contributed by atoms with Crippen LogP contribution in [0.25, 0.3) is 87.3 Å². The number of benzene rings is 10. The molecule has 1 heterocycles. The molecule has 10 aromatic carbocycles. The van der Waals surface area contributed by atoms with Crippen molar-refractivity contribution in [1.29, 1.82) is 0 Å². The normalized spacial score (nSPS) is 11.7. The molecule has 0 saturated heterocycles. The van der Waals surface area contributed by atoms with Gasteiger partial charge in [-0.1, -0.05) is 152 Å². The maximum absolute atomic E-state index is 6.42. The third-order valence-corrected chi connectivity index (χ3v) is 11.0. The van der Waals surface area contributed by atoms with Crippen molar-refractivity contribution in [2.24, 2.45) is 0 Å². The summed E-state index contributed by atoms with van der Waals surface area (Å²) in [4.78, 5) is 2.39. The standard InChI is InChI=1S/C52H33NO/c1-2-16-40-35(12-1)13-10-22-41(40)37-15-9-14-36(32-37)34-26-28-38(29-27-34)53(49-23-11-25-51-52(49)47-21-7-8-24-50(47)54-51)39-30-31-46-44-19-4-3-17-42(44)43-18-5-6-20-45(43)48(46)33-39/h1-33H. The first-order chi connectivity index (χ1) is 26.8. The fourth-order valence-electron chi connectivity index (χ4n) is 8.55. The number of furan rings is 1. The maximum Gasteiger partial charge on any atom is 0.137 e. The zero-order valence-corrected chi connectivity index (χ0v) is 29.4. The lowest BCUT2D eigenvalue weighted by Crippen LogP contribution is -2.10. The van der Waals surface area contributed by atoms with Crippen LogP contribution in [0.5, 0.6) is 0 Å². The Kier molecular flexibility index (Phi) is 6.90. The average Bonchev–Trinajstić information content (AvgIpc) is 3.63. The highest BCUT2D eigenvalue weighted by Crippen LogP contribution is 2.45. The SMILES string of the molecule is c1cc(-c2ccc(N(c3ccc4c5ccccc5c5ccccc5c4c3)c3cccc4oc5ccccc5c34)cc2)cc(-c2cccc3ccccc23)c1. The summed E-state index contributed by atoms with van der Waals surface area (Å²) in [6.07, 6.45) is 0. The number of fused-ring (bicyclic) bond motifs is 10. The number of para-hydroxylation sites is 1. The molecule has 2 nitrogen and oxygen atoms in total. The van der Waals surface area contributed by atoms with Gasteiger partial charge in [0.05, 0.1) is 11.1 Å². The van der Waals surface area contributed by atoms with Crippen LogP contribution in [0.4, 0.5) is 17.1 Å². The van der Waals surface area contributed by atoms with Crippen molar-refractivity contribution >= 4 is 82.1 Å². The van der Waals surface area contributed by atoms with E-state index in [1.54, 1.807) is 0 Å². The molecule has 54 heavy (non-hydrogen) atoms. The van der Waals surface area contributed by atoms with Crippen LogP contribution in [0, 0.1) is 0 Å². The molecular formula is C52H33NO. The summed E-state index contributed by atoms with van der Waals surface area (Å²) in [7, 11) is 0. The van der Waals surface area contributed by atoms with E-state index < -0.39 is 0 Å². The monoisotopic (exact) mass is 687 g/mol. The molecular weight excluding hydrogens is 655 g/mol. The lowest BCUT2D eigenvalue weighted by Gasteiger charge is -2.27. The minimum absolute atomic E-state index is 0.873. The minimum atomic E-state index is 0.873. The van der Waals surface area contributed by atoms with Gasteiger partial charge in [-0.25, -0.2) is 0 Å². The quantitative estimate of drug-likeness (QED) is 0.168. The molecule has 0 aliphatic rings. The molecule has 252 valence electrons. The molecule has 0 N–H and O–H groups in total. The van der Waals surface area contributed by atoms with Crippen molar-refractivity contribution in [3.8, 4) is 22.3 Å². The van der Waals surface area contributed by atoms with Gasteiger partial charge in [0, 0.05) is 16.8 Å². The van der Waals surface area contributed by atoms with Gasteiger partial charge in [-0.3, -0.25) is 0 Å². The topological polar surface area (TPSA) is 16.4 Å². The van der Waals surface area contributed by atoms with Crippen molar-refractivity contribution in [2.75, 3.05) is 4.90 Å². The lowest BCUT2D eigenvalue weighted by atomic mass is 9.93. The molecule has 0 aliphatic heterocycles. The van der Waals surface area contributed by atoms with E-state index >= 15 is 0 Å². The van der Waals surface area contributed by atoms with Gasteiger partial charge in [0.25, 0.3) is 0 Å². The van der Waals surface area contributed by atoms with E-state index in [1.165, 1.54) is 65.3 Å². The van der Waals surface area contributed by atoms with Gasteiger partial charge in [-0.15, -0.1) is 0 Å². The van der Waals surface area contributed by atoms with Crippen LogP contribution in [-0.2, 0) is 0 Å². The number of nitrogens with zero attached hydrogens (tertiary/aromatic N) is 1. The van der Waals surface area contributed by atoms with Gasteiger partial charge in [0.1, 0.15) is 11.2 Å². The highest BCUT2D eigenvalue weighted by molar-refractivity contribution is 6.26. The maximum atomic E-state index is 6.42. The Morgan fingerprint density at radius 1 is 0.315 bits per heavy atom. The Bertz CT molecular complexity index is 3190. The van der Waals surface area contributed by atoms with Gasteiger partial charge in [0.2, 0.25) is 0 Å². The highest BCUT2D eigenvalue weighted by atomic mass is 16.3. The average molecular weight is 688 g/mol. The molecule has 2 heteroatoms. The van der Waals surface area contributed by atoms with E-state index in [2.05, 4.69) is 199 Å². The first kappa shape index (κ1) is 30.5. The Labute approximate surface area is 312 Å². The number of rotatable bonds is 5. The van der Waals surface area contributed by atoms with Crippen LogP contribution in [0.1, 0.15) is 0 Å². The molecule has 0 radical (unpaired) electrons. The van der Waals surface area contributed by atoms with Crippen molar-refractivity contribution in [3.63, 3.8) is 0 Å². The van der Waals surface area contributed by atoms with Crippen molar-refractivity contribution < 1.29 is 4.42 Å². The summed E-state index contributed by atoms with van der Waals surface area (Å²) in [5, 5.41) is 12.3. The summed E-state index contributed by atoms with van der Waals surface area (Å²) in [6, 6.07) is 72.3. The molecule has 0 amide bonds. The van der Waals surface area contributed by atoms with Crippen LogP contribution in [0.3, 0.4) is 0 Å². The summed E-state index contributed by atoms with van der Waals surface area (Å²) < 4.78 is 6.42. The van der Waals surface area contributed by atoms with E-state index in [9.17, 15) is 0 Å². The number of hydrogen-bond donors (Lipinski definition) is 0. The van der Waals surface area contributed by atoms with Crippen LogP contribution in [0.15, 0.2) is 205 Å². The molecule has 1 aromatic heterocycles. The molecule has 0 unspecified atom stereocenters. The Balaban J connectivity index is 1.10. The van der Waals surface area contributed by atoms with E-state index in [0.29, 0.717) is 0 Å². The van der Waals surface area contributed by atoms with Crippen molar-refractivity contribution in [1.82, 2.24) is 0 Å². The van der Waals surface area contributed by atoms with E-state index in [-0.39, 0.29) is 0 Å². The van der Waals surface area contributed by atoms with E-state index in [4.69, 9.17) is 4.42 Å². The second kappa shape index (κ2) is 12.2. The Morgan fingerprint density at radius 3 is 1.65 bits per heavy atom. The van der Waals surface area contributed by atoms with Crippen LogP contribution in [-0.4, -0.2) is 0 Å². The van der Waals surface area contributed by atoms with E-state index in [0.717, 1.165) is 39.0 Å². The largest absolute Gasteiger partial charge is 0.456 e. The zero-order valence-electron chi connectivity index (χ0n) is 29.4. The van der Waals surface area contributed by atoms with Gasteiger partial charge in [-0.05, 0) is 114 Å². The van der Waals surface area contributed by atoms with E-state index in [1.807, 2.05) is 6.07 Å². The van der Waals surface area contributed by atoms with Crippen LogP contribution >= 0.6 is 0 Å². The third kappa shape index (κ3) is 4.81. The molecule has 0 saturated carbocycles. The molecule has 11 rings (SSSR count). The first-order valence-electron chi connectivity index (χ1n) is 18.5. The second-order valence-electron chi connectivity index (χ2n) is 14.1. The smallest absolute Gasteiger partial charge is 0.137 e. The fourth-order valence-corrected chi connectivity index (χ4v) is 8.55. The summed E-state index contributed by atoms with van der Waals surface area (Å²) in [6.45, 7) is 0. The van der Waals surface area contributed by atoms with Gasteiger partial charge in [0.15, 0.2) is 0 Å². The summed E-state index contributed by atoms with van der Waals surface area (Å²) in [5.41, 5.74) is 9.81. The third-order valence-electron chi connectivity index (χ3n) is 11.0. The lowest BCUT2D eigenvalue weighted by molar-refractivity contribution is 0.669. The predicted molar refractivity (Wildman–Crippen MR) is 229 cm³/mol. The van der Waals surface area contributed by atoms with Gasteiger partial charge >= 0.3 is 0 Å². The number of hydrogen-bond acceptors (Lipinski definition) is 2. The van der Waals surface area contributed by atoms with Crippen LogP contribution < -0.4 is 4.90 Å². The molecule has 11 aromatic rings. The van der Waals surface area contributed by atoms with Gasteiger partial charge < -0.3 is 9.32 Å². The Morgan fingerprint density at radius 2 is 0.870 bits per heavy atom. The molecule has 0 fully saturated rings. The summed E-state index contributed by atoms with van der Waals surface area (Å²) in [5.74, 6) is 0. The molecule has 0 atom stereocenters. The molecule has 0 bridgehead atoms. The highest BCUT2D eigenvalue weighted by Gasteiger charge is 2.21. The first-order valence-corrected chi connectivity index (χ1v) is 18.5. The van der Waals surface area contributed by atoms with Crippen molar-refractivity contribution in [2.45, 2.75) is 0 Å². The Hall–Kier alpha value is -7.16. The minimum Gasteiger partial charge on any atom is -0.456 e. The molecule has 0 aliphatic carbocycles. The fraction of sp³-hybridized carbons (Fsp3) is 0. The van der Waals surface area contributed by atoms with Crippen molar-refractivity contribution in [3.05, 3.63) is 200 Å². The predicted octanol–water partition coefficient (Wildman–Crippen LogP) is 15.0. The zero-order chi connectivity index (χ0) is 35.6.